The first-order chi connectivity index (χ1) is 6.70. The molecule has 0 spiro atoms. The number of hydrogen-bond acceptors (Lipinski definition) is 2. The summed E-state index contributed by atoms with van der Waals surface area (Å²) >= 11 is 0. The summed E-state index contributed by atoms with van der Waals surface area (Å²) in [6.45, 7) is 6.62. The minimum absolute atomic E-state index is 0.175. The van der Waals surface area contributed by atoms with Gasteiger partial charge in [0, 0.05) is 13.1 Å². The molecule has 80 valence electrons. The van der Waals surface area contributed by atoms with Crippen molar-refractivity contribution in [2.24, 2.45) is 5.92 Å². The fraction of sp³-hybridized carbons (Fsp3) is 0.727. The summed E-state index contributed by atoms with van der Waals surface area (Å²) < 4.78 is 0. The molecule has 1 saturated heterocycles. The van der Waals surface area contributed by atoms with E-state index in [-0.39, 0.29) is 11.8 Å². The Morgan fingerprint density at radius 1 is 1.57 bits per heavy atom. The summed E-state index contributed by atoms with van der Waals surface area (Å²) in [5.41, 5.74) is 1.24. The highest BCUT2D eigenvalue weighted by Crippen LogP contribution is 2.09. The van der Waals surface area contributed by atoms with Crippen molar-refractivity contribution in [1.82, 2.24) is 10.6 Å². The number of nitrogens with one attached hydrogen (secondary N) is 2. The Bertz CT molecular complexity index is 213. The van der Waals surface area contributed by atoms with Crippen LogP contribution in [0.25, 0.3) is 0 Å². The summed E-state index contributed by atoms with van der Waals surface area (Å²) in [4.78, 5) is 11.6. The predicted molar refractivity (Wildman–Crippen MR) is 58.0 cm³/mol. The van der Waals surface area contributed by atoms with Crippen LogP contribution in [0, 0.1) is 5.92 Å². The lowest BCUT2D eigenvalue weighted by atomic mass is 9.99. The van der Waals surface area contributed by atoms with Crippen molar-refractivity contribution in [2.75, 3.05) is 19.6 Å². The van der Waals surface area contributed by atoms with Gasteiger partial charge >= 0.3 is 0 Å². The Balaban J connectivity index is 2.23. The minimum atomic E-state index is 0.175. The molecule has 0 radical (unpaired) electrons. The Morgan fingerprint density at radius 2 is 2.36 bits per heavy atom. The molecule has 0 aromatic heterocycles. The molecule has 2 N–H and O–H groups in total. The lowest BCUT2D eigenvalue weighted by Gasteiger charge is -2.21. The van der Waals surface area contributed by atoms with Crippen molar-refractivity contribution in [3.63, 3.8) is 0 Å². The third kappa shape index (κ3) is 3.92. The first-order valence-electron chi connectivity index (χ1n) is 5.32. The fourth-order valence-electron chi connectivity index (χ4n) is 1.58. The van der Waals surface area contributed by atoms with Crippen LogP contribution in [0.2, 0.25) is 0 Å². The van der Waals surface area contributed by atoms with Gasteiger partial charge in [0.15, 0.2) is 0 Å². The van der Waals surface area contributed by atoms with E-state index in [1.54, 1.807) is 0 Å². The molecule has 0 aromatic carbocycles. The molecule has 0 aromatic rings. The molecule has 3 nitrogen and oxygen atoms in total. The maximum Gasteiger partial charge on any atom is 0.224 e. The molecule has 0 saturated carbocycles. The molecular formula is C11H20N2O. The van der Waals surface area contributed by atoms with E-state index in [1.807, 2.05) is 19.9 Å². The summed E-state index contributed by atoms with van der Waals surface area (Å²) in [7, 11) is 0. The third-order valence-corrected chi connectivity index (χ3v) is 2.45. The summed E-state index contributed by atoms with van der Waals surface area (Å²) in [5.74, 6) is 0.365. The van der Waals surface area contributed by atoms with Crippen LogP contribution >= 0.6 is 0 Å². The van der Waals surface area contributed by atoms with Crippen molar-refractivity contribution in [3.05, 3.63) is 11.6 Å². The van der Waals surface area contributed by atoms with Gasteiger partial charge in [-0.3, -0.25) is 4.79 Å². The average molecular weight is 196 g/mol. The van der Waals surface area contributed by atoms with E-state index in [0.29, 0.717) is 6.54 Å². The summed E-state index contributed by atoms with van der Waals surface area (Å²) in [5, 5.41) is 6.17. The molecule has 1 fully saturated rings. The van der Waals surface area contributed by atoms with Gasteiger partial charge in [0.05, 0.1) is 5.92 Å². The average Bonchev–Trinajstić information content (AvgIpc) is 2.18. The van der Waals surface area contributed by atoms with Crippen LogP contribution < -0.4 is 10.6 Å². The number of amides is 1. The van der Waals surface area contributed by atoms with Crippen molar-refractivity contribution < 1.29 is 4.79 Å². The zero-order valence-corrected chi connectivity index (χ0v) is 9.10. The van der Waals surface area contributed by atoms with Crippen LogP contribution in [-0.4, -0.2) is 25.5 Å². The van der Waals surface area contributed by atoms with Gasteiger partial charge in [-0.2, -0.15) is 0 Å². The maximum absolute atomic E-state index is 11.6. The highest BCUT2D eigenvalue weighted by atomic mass is 16.1. The van der Waals surface area contributed by atoms with E-state index >= 15 is 0 Å². The number of rotatable bonds is 3. The second-order valence-electron chi connectivity index (χ2n) is 4.07. The van der Waals surface area contributed by atoms with Crippen molar-refractivity contribution in [2.45, 2.75) is 26.7 Å². The molecule has 0 unspecified atom stereocenters. The van der Waals surface area contributed by atoms with Gasteiger partial charge in [0.1, 0.15) is 0 Å². The van der Waals surface area contributed by atoms with E-state index in [4.69, 9.17) is 0 Å². The Morgan fingerprint density at radius 3 is 2.93 bits per heavy atom. The summed E-state index contributed by atoms with van der Waals surface area (Å²) in [6, 6.07) is 0. The normalized spacial score (nSPS) is 21.4. The van der Waals surface area contributed by atoms with E-state index in [2.05, 4.69) is 10.6 Å². The van der Waals surface area contributed by atoms with Crippen LogP contribution in [0.15, 0.2) is 11.6 Å². The Labute approximate surface area is 86.0 Å². The lowest BCUT2D eigenvalue weighted by Crippen LogP contribution is -2.40. The van der Waals surface area contributed by atoms with Crippen LogP contribution in [-0.2, 0) is 4.79 Å². The molecule has 3 heteroatoms. The molecule has 0 aliphatic carbocycles. The van der Waals surface area contributed by atoms with Gasteiger partial charge in [0.25, 0.3) is 0 Å². The Kier molecular flexibility index (Phi) is 4.66. The van der Waals surface area contributed by atoms with Crippen LogP contribution in [0.3, 0.4) is 0 Å². The second-order valence-corrected chi connectivity index (χ2v) is 4.07. The van der Waals surface area contributed by atoms with Gasteiger partial charge in [-0.05, 0) is 33.2 Å². The highest BCUT2D eigenvalue weighted by molar-refractivity contribution is 5.79. The molecule has 1 rings (SSSR count). The van der Waals surface area contributed by atoms with E-state index in [9.17, 15) is 4.79 Å². The number of piperidine rings is 1. The summed E-state index contributed by atoms with van der Waals surface area (Å²) in [6.07, 6.45) is 4.17. The predicted octanol–water partition coefficient (Wildman–Crippen LogP) is 1.07. The number of allylic oxidation sites excluding steroid dienone is 1. The monoisotopic (exact) mass is 196 g/mol. The van der Waals surface area contributed by atoms with Crippen LogP contribution in [0.5, 0.6) is 0 Å². The van der Waals surface area contributed by atoms with Gasteiger partial charge in [0.2, 0.25) is 5.91 Å². The third-order valence-electron chi connectivity index (χ3n) is 2.45. The van der Waals surface area contributed by atoms with Gasteiger partial charge in [-0.25, -0.2) is 0 Å². The minimum Gasteiger partial charge on any atom is -0.352 e. The van der Waals surface area contributed by atoms with Gasteiger partial charge < -0.3 is 10.6 Å². The number of carbonyl (C=O) groups excluding carboxylic acids is 1. The highest BCUT2D eigenvalue weighted by Gasteiger charge is 2.19. The number of hydrogen-bond donors (Lipinski definition) is 2. The molecule has 14 heavy (non-hydrogen) atoms. The first-order valence-corrected chi connectivity index (χ1v) is 5.32. The molecule has 1 atom stereocenters. The molecule has 1 amide bonds. The van der Waals surface area contributed by atoms with E-state index < -0.39 is 0 Å². The zero-order valence-electron chi connectivity index (χ0n) is 9.10. The van der Waals surface area contributed by atoms with Gasteiger partial charge in [-0.1, -0.05) is 11.6 Å². The van der Waals surface area contributed by atoms with Crippen LogP contribution in [0.4, 0.5) is 0 Å². The zero-order chi connectivity index (χ0) is 10.4. The van der Waals surface area contributed by atoms with Crippen molar-refractivity contribution >= 4 is 5.91 Å². The molecular weight excluding hydrogens is 176 g/mol. The topological polar surface area (TPSA) is 41.1 Å². The SMILES string of the molecule is CC(C)=CCNC(=O)[C@H]1CCCNC1. The standard InChI is InChI=1S/C11H20N2O/c1-9(2)5-7-13-11(14)10-4-3-6-12-8-10/h5,10,12H,3-4,6-8H2,1-2H3,(H,13,14)/t10-/m0/s1. The van der Waals surface area contributed by atoms with Crippen molar-refractivity contribution in [3.8, 4) is 0 Å². The van der Waals surface area contributed by atoms with E-state index in [0.717, 1.165) is 25.9 Å². The largest absolute Gasteiger partial charge is 0.352 e. The van der Waals surface area contributed by atoms with Gasteiger partial charge in [-0.15, -0.1) is 0 Å². The lowest BCUT2D eigenvalue weighted by molar-refractivity contribution is -0.125. The second kappa shape index (κ2) is 5.81. The molecule has 0 bridgehead atoms. The quantitative estimate of drug-likeness (QED) is 0.663. The smallest absolute Gasteiger partial charge is 0.224 e. The molecule has 1 aliphatic heterocycles. The molecule has 1 heterocycles. The van der Waals surface area contributed by atoms with E-state index in [1.165, 1.54) is 5.57 Å². The van der Waals surface area contributed by atoms with Crippen LogP contribution in [0.1, 0.15) is 26.7 Å². The fourth-order valence-corrected chi connectivity index (χ4v) is 1.58. The molecule has 1 aliphatic rings. The first kappa shape index (κ1) is 11.2. The van der Waals surface area contributed by atoms with Crippen molar-refractivity contribution in [1.29, 1.82) is 0 Å². The maximum atomic E-state index is 11.6. The number of carbonyl (C=O) groups is 1. The Hall–Kier alpha value is -0.830.